The number of alkyl carbamates (subject to hydrolysis) is 1. The number of hydrogen-bond donors (Lipinski definition) is 2. The molecule has 9 heteroatoms. The number of hydrogen-bond acceptors (Lipinski definition) is 7. The highest BCUT2D eigenvalue weighted by molar-refractivity contribution is 8.13. The lowest BCUT2D eigenvalue weighted by Gasteiger charge is -2.37. The van der Waals surface area contributed by atoms with E-state index in [4.69, 9.17) is 9.73 Å². The van der Waals surface area contributed by atoms with E-state index >= 15 is 0 Å². The molecule has 2 heterocycles. The lowest BCUT2D eigenvalue weighted by atomic mass is 9.81. The van der Waals surface area contributed by atoms with Gasteiger partial charge in [-0.05, 0) is 63.3 Å². The molecule has 0 spiro atoms. The molecule has 32 heavy (non-hydrogen) atoms. The van der Waals surface area contributed by atoms with Crippen molar-refractivity contribution in [3.8, 4) is 0 Å². The molecule has 1 aliphatic carbocycles. The first-order chi connectivity index (χ1) is 15.2. The highest BCUT2D eigenvalue weighted by Gasteiger charge is 2.47. The zero-order chi connectivity index (χ0) is 22.8. The summed E-state index contributed by atoms with van der Waals surface area (Å²) in [6.07, 6.45) is 5.41. The van der Waals surface area contributed by atoms with Gasteiger partial charge >= 0.3 is 6.09 Å². The second-order valence-electron chi connectivity index (χ2n) is 9.00. The highest BCUT2D eigenvalue weighted by Crippen LogP contribution is 2.51. The number of carbonyl (C=O) groups excluding carboxylic acids is 2. The summed E-state index contributed by atoms with van der Waals surface area (Å²) >= 11 is 1.55. The lowest BCUT2D eigenvalue weighted by Crippen LogP contribution is -2.41. The van der Waals surface area contributed by atoms with Gasteiger partial charge in [-0.15, -0.1) is 0 Å². The minimum absolute atomic E-state index is 0.292. The third kappa shape index (κ3) is 4.93. The van der Waals surface area contributed by atoms with Gasteiger partial charge in [-0.25, -0.2) is 14.8 Å². The van der Waals surface area contributed by atoms with E-state index in [9.17, 15) is 9.59 Å². The molecule has 1 aliphatic heterocycles. The number of benzene rings is 1. The van der Waals surface area contributed by atoms with Gasteiger partial charge in [0.05, 0.1) is 5.54 Å². The van der Waals surface area contributed by atoms with Crippen LogP contribution < -0.4 is 10.6 Å². The Morgan fingerprint density at radius 1 is 1.22 bits per heavy atom. The molecule has 1 aromatic heterocycles. The monoisotopic (exact) mass is 453 g/mol. The molecule has 2 aliphatic rings. The van der Waals surface area contributed by atoms with Crippen molar-refractivity contribution >= 4 is 34.6 Å². The molecule has 1 fully saturated rings. The van der Waals surface area contributed by atoms with Crippen LogP contribution in [0.2, 0.25) is 0 Å². The van der Waals surface area contributed by atoms with E-state index in [1.165, 1.54) is 12.5 Å². The largest absolute Gasteiger partial charge is 0.444 e. The summed E-state index contributed by atoms with van der Waals surface area (Å²) in [5.74, 6) is 0.941. The number of ether oxygens (including phenoxy) is 1. The van der Waals surface area contributed by atoms with Gasteiger partial charge in [0, 0.05) is 17.6 Å². The molecule has 1 saturated carbocycles. The van der Waals surface area contributed by atoms with E-state index in [2.05, 4.69) is 20.6 Å². The smallest absolute Gasteiger partial charge is 0.413 e. The third-order valence-electron chi connectivity index (χ3n) is 5.55. The van der Waals surface area contributed by atoms with Crippen LogP contribution >= 0.6 is 11.8 Å². The molecule has 168 valence electrons. The van der Waals surface area contributed by atoms with Gasteiger partial charge in [0.1, 0.15) is 17.6 Å². The standard InChI is InChI=1S/C23H27N5O3S/c1-22(2,3)31-21(30)27-20-28-23(10-5-7-16(23)13-32-20)15-6-4-8-17(12-15)26-19(29)18-9-11-24-14-25-18/h4,6,8-9,11-12,14,16H,5,7,10,13H2,1-3H3,(H,26,29)(H,27,28,30)/t16?,23-/m1/s1. The molecule has 2 atom stereocenters. The zero-order valence-corrected chi connectivity index (χ0v) is 19.2. The number of anilines is 1. The molecule has 1 aromatic carbocycles. The van der Waals surface area contributed by atoms with Gasteiger partial charge in [-0.3, -0.25) is 15.1 Å². The molecule has 8 nitrogen and oxygen atoms in total. The first-order valence-corrected chi connectivity index (χ1v) is 11.6. The van der Waals surface area contributed by atoms with Crippen molar-refractivity contribution in [3.63, 3.8) is 0 Å². The maximum Gasteiger partial charge on any atom is 0.413 e. The van der Waals surface area contributed by atoms with Crippen molar-refractivity contribution < 1.29 is 14.3 Å². The second kappa shape index (κ2) is 8.90. The van der Waals surface area contributed by atoms with Gasteiger partial charge in [0.15, 0.2) is 5.17 Å². The number of rotatable bonds is 3. The Kier molecular flexibility index (Phi) is 6.19. The number of thioether (sulfide) groups is 1. The number of nitrogens with one attached hydrogen (secondary N) is 2. The fourth-order valence-corrected chi connectivity index (χ4v) is 5.39. The van der Waals surface area contributed by atoms with Gasteiger partial charge < -0.3 is 10.1 Å². The summed E-state index contributed by atoms with van der Waals surface area (Å²) < 4.78 is 5.39. The highest BCUT2D eigenvalue weighted by atomic mass is 32.2. The molecule has 0 saturated heterocycles. The Bertz CT molecular complexity index is 1040. The summed E-state index contributed by atoms with van der Waals surface area (Å²) in [7, 11) is 0. The van der Waals surface area contributed by atoms with Gasteiger partial charge in [-0.2, -0.15) is 0 Å². The number of fused-ring (bicyclic) bond motifs is 1. The van der Waals surface area contributed by atoms with E-state index in [1.54, 1.807) is 17.8 Å². The van der Waals surface area contributed by atoms with Gasteiger partial charge in [-0.1, -0.05) is 30.3 Å². The summed E-state index contributed by atoms with van der Waals surface area (Å²) in [5, 5.41) is 6.31. The quantitative estimate of drug-likeness (QED) is 0.716. The van der Waals surface area contributed by atoms with Crippen molar-refractivity contribution in [2.75, 3.05) is 11.1 Å². The molecular formula is C23H27N5O3S. The normalized spacial score (nSPS) is 22.5. The molecule has 0 radical (unpaired) electrons. The minimum Gasteiger partial charge on any atom is -0.444 e. The summed E-state index contributed by atoms with van der Waals surface area (Å²) in [6, 6.07) is 9.37. The predicted octanol–water partition coefficient (Wildman–Crippen LogP) is 4.35. The number of nitrogens with zero attached hydrogens (tertiary/aromatic N) is 3. The summed E-state index contributed by atoms with van der Waals surface area (Å²) in [6.45, 7) is 5.49. The van der Waals surface area contributed by atoms with Crippen molar-refractivity contribution in [2.45, 2.75) is 51.2 Å². The molecular weight excluding hydrogens is 426 g/mol. The fourth-order valence-electron chi connectivity index (χ4n) is 4.21. The molecule has 0 bridgehead atoms. The topological polar surface area (TPSA) is 106 Å². The Morgan fingerprint density at radius 2 is 2.06 bits per heavy atom. The summed E-state index contributed by atoms with van der Waals surface area (Å²) in [5.41, 5.74) is 1.02. The number of aliphatic imine (C=N–C) groups is 1. The zero-order valence-electron chi connectivity index (χ0n) is 18.4. The van der Waals surface area contributed by atoms with E-state index < -0.39 is 17.2 Å². The Hall–Kier alpha value is -2.94. The van der Waals surface area contributed by atoms with Crippen molar-refractivity contribution in [1.29, 1.82) is 0 Å². The average molecular weight is 454 g/mol. The third-order valence-corrected chi connectivity index (χ3v) is 6.59. The molecule has 2 aromatic rings. The number of amidine groups is 1. The van der Waals surface area contributed by atoms with Crippen LogP contribution in [-0.4, -0.2) is 38.5 Å². The minimum atomic E-state index is -0.576. The van der Waals surface area contributed by atoms with Crippen LogP contribution in [0.25, 0.3) is 0 Å². The van der Waals surface area contributed by atoms with Gasteiger partial charge in [0.2, 0.25) is 0 Å². The average Bonchev–Trinajstić information content (AvgIpc) is 3.17. The van der Waals surface area contributed by atoms with Crippen LogP contribution in [-0.2, 0) is 10.3 Å². The van der Waals surface area contributed by atoms with Crippen molar-refractivity contribution in [1.82, 2.24) is 15.3 Å². The lowest BCUT2D eigenvalue weighted by molar-refractivity contribution is 0.0563. The molecule has 2 amide bonds. The number of amides is 2. The molecule has 1 unspecified atom stereocenters. The Balaban J connectivity index is 1.58. The van der Waals surface area contributed by atoms with E-state index in [0.717, 1.165) is 30.6 Å². The van der Waals surface area contributed by atoms with Crippen LogP contribution in [0.3, 0.4) is 0 Å². The van der Waals surface area contributed by atoms with Gasteiger partial charge in [0.25, 0.3) is 5.91 Å². The Morgan fingerprint density at radius 3 is 2.81 bits per heavy atom. The van der Waals surface area contributed by atoms with Crippen LogP contribution in [0.15, 0.2) is 47.8 Å². The predicted molar refractivity (Wildman–Crippen MR) is 125 cm³/mol. The molecule has 2 N–H and O–H groups in total. The number of aromatic nitrogens is 2. The SMILES string of the molecule is CC(C)(C)OC(=O)NC1=N[C@@]2(c3cccc(NC(=O)c4ccncn4)c3)CCCC2CS1. The van der Waals surface area contributed by atoms with Crippen LogP contribution in [0, 0.1) is 5.92 Å². The molecule has 4 rings (SSSR count). The van der Waals surface area contributed by atoms with Crippen molar-refractivity contribution in [2.24, 2.45) is 10.9 Å². The van der Waals surface area contributed by atoms with Crippen LogP contribution in [0.5, 0.6) is 0 Å². The second-order valence-corrected chi connectivity index (χ2v) is 10.0. The summed E-state index contributed by atoms with van der Waals surface area (Å²) in [4.78, 5) is 37.7. The first kappa shape index (κ1) is 22.3. The van der Waals surface area contributed by atoms with E-state index in [0.29, 0.717) is 22.5 Å². The van der Waals surface area contributed by atoms with Crippen LogP contribution in [0.4, 0.5) is 10.5 Å². The van der Waals surface area contributed by atoms with E-state index in [-0.39, 0.29) is 5.91 Å². The maximum absolute atomic E-state index is 12.5. The maximum atomic E-state index is 12.5. The van der Waals surface area contributed by atoms with Crippen LogP contribution in [0.1, 0.15) is 56.1 Å². The first-order valence-electron chi connectivity index (χ1n) is 10.7. The Labute approximate surface area is 191 Å². The fraction of sp³-hybridized carbons (Fsp3) is 0.435. The van der Waals surface area contributed by atoms with Crippen molar-refractivity contribution in [3.05, 3.63) is 54.1 Å². The van der Waals surface area contributed by atoms with E-state index in [1.807, 2.05) is 45.0 Å². The number of carbonyl (C=O) groups is 2.